The first-order valence-corrected chi connectivity index (χ1v) is 8.47. The van der Waals surface area contributed by atoms with Crippen LogP contribution in [0.2, 0.25) is 0 Å². The number of carbonyl (C=O) groups excluding carboxylic acids is 4. The Morgan fingerprint density at radius 2 is 1.92 bits per heavy atom. The van der Waals surface area contributed by atoms with Crippen molar-refractivity contribution < 1.29 is 33.4 Å². The molecule has 8 nitrogen and oxygen atoms in total. The monoisotopic (exact) mass is 379 g/mol. The minimum Gasteiger partial charge on any atom is -0.481 e. The van der Waals surface area contributed by atoms with Crippen molar-refractivity contribution in [2.24, 2.45) is 0 Å². The molecule has 1 aliphatic heterocycles. The number of esters is 2. The highest BCUT2D eigenvalue weighted by Gasteiger charge is 2.36. The molecule has 0 aliphatic carbocycles. The molecular weight excluding hydrogens is 362 g/mol. The molecule has 1 aromatic rings. The number of hydrogen-bond donors (Lipinski definition) is 0. The molecule has 0 aromatic heterocycles. The van der Waals surface area contributed by atoms with E-state index in [1.165, 1.54) is 13.2 Å². The molecule has 0 saturated carbocycles. The summed E-state index contributed by atoms with van der Waals surface area (Å²) in [6.07, 6.45) is 1.47. The second kappa shape index (κ2) is 9.04. The number of imide groups is 1. The third kappa shape index (κ3) is 4.85. The van der Waals surface area contributed by atoms with Gasteiger partial charge in [-0.15, -0.1) is 0 Å². The fourth-order valence-electron chi connectivity index (χ4n) is 2.04. The van der Waals surface area contributed by atoms with E-state index < -0.39 is 29.6 Å². The van der Waals surface area contributed by atoms with Gasteiger partial charge in [-0.25, -0.2) is 4.79 Å². The lowest BCUT2D eigenvalue weighted by atomic mass is 10.2. The molecule has 0 N–H and O–H groups in total. The Bertz CT molecular complexity index is 759. The molecule has 138 valence electrons. The predicted octanol–water partition coefficient (Wildman–Crippen LogP) is 1.84. The van der Waals surface area contributed by atoms with E-state index in [4.69, 9.17) is 9.47 Å². The second-order valence-electron chi connectivity index (χ2n) is 4.98. The molecule has 0 atom stereocenters. The fraction of sp³-hybridized carbons (Fsp3) is 0.294. The van der Waals surface area contributed by atoms with Crippen LogP contribution in [-0.4, -0.2) is 54.9 Å². The first-order valence-electron chi connectivity index (χ1n) is 7.66. The molecule has 9 heteroatoms. The van der Waals surface area contributed by atoms with Crippen LogP contribution in [-0.2, 0) is 23.9 Å². The van der Waals surface area contributed by atoms with Gasteiger partial charge in [-0.1, -0.05) is 18.2 Å². The zero-order chi connectivity index (χ0) is 19.1. The topological polar surface area (TPSA) is 99.2 Å². The normalized spacial score (nSPS) is 15.3. The number of para-hydroxylation sites is 1. The number of hydrogen-bond acceptors (Lipinski definition) is 8. The highest BCUT2D eigenvalue weighted by atomic mass is 32.2. The van der Waals surface area contributed by atoms with Crippen LogP contribution >= 0.6 is 11.8 Å². The Kier molecular flexibility index (Phi) is 6.79. The second-order valence-corrected chi connectivity index (χ2v) is 5.97. The smallest absolute Gasteiger partial charge is 0.344 e. The standard InChI is InChI=1S/C17H17NO7S/c1-3-24-15(20)10-25-12-7-5-4-6-11(12)8-13-16(21)18(17(22)26-13)9-14(19)23-2/h4-8H,3,9-10H2,1-2H3. The van der Waals surface area contributed by atoms with E-state index in [1.807, 2.05) is 0 Å². The van der Waals surface area contributed by atoms with Gasteiger partial charge < -0.3 is 14.2 Å². The molecule has 0 radical (unpaired) electrons. The van der Waals surface area contributed by atoms with Crippen molar-refractivity contribution in [1.29, 1.82) is 0 Å². The van der Waals surface area contributed by atoms with E-state index in [0.29, 0.717) is 23.1 Å². The first-order chi connectivity index (χ1) is 12.5. The molecule has 1 aliphatic rings. The molecule has 0 unspecified atom stereocenters. The summed E-state index contributed by atoms with van der Waals surface area (Å²) in [6.45, 7) is 1.22. The van der Waals surface area contributed by atoms with Gasteiger partial charge in [0.25, 0.3) is 11.1 Å². The fourth-order valence-corrected chi connectivity index (χ4v) is 2.87. The molecule has 26 heavy (non-hydrogen) atoms. The van der Waals surface area contributed by atoms with E-state index in [9.17, 15) is 19.2 Å². The molecule has 2 amide bonds. The van der Waals surface area contributed by atoms with E-state index in [0.717, 1.165) is 4.90 Å². The molecule has 1 saturated heterocycles. The maximum absolute atomic E-state index is 12.3. The third-order valence-corrected chi connectivity index (χ3v) is 4.15. The van der Waals surface area contributed by atoms with Crippen LogP contribution < -0.4 is 4.74 Å². The zero-order valence-corrected chi connectivity index (χ0v) is 15.0. The van der Waals surface area contributed by atoms with Crippen molar-refractivity contribution in [3.8, 4) is 5.75 Å². The lowest BCUT2D eigenvalue weighted by Crippen LogP contribution is -2.34. The van der Waals surface area contributed by atoms with Gasteiger partial charge in [0.1, 0.15) is 12.3 Å². The van der Waals surface area contributed by atoms with Crippen molar-refractivity contribution in [3.05, 3.63) is 34.7 Å². The number of methoxy groups -OCH3 is 1. The lowest BCUT2D eigenvalue weighted by Gasteiger charge is -2.10. The van der Waals surface area contributed by atoms with E-state index >= 15 is 0 Å². The third-order valence-electron chi connectivity index (χ3n) is 3.24. The number of benzene rings is 1. The van der Waals surface area contributed by atoms with Gasteiger partial charge in [-0.2, -0.15) is 0 Å². The average molecular weight is 379 g/mol. The number of nitrogens with zero attached hydrogens (tertiary/aromatic N) is 1. The molecular formula is C17H17NO7S. The first kappa shape index (κ1) is 19.5. The minimum atomic E-state index is -0.688. The Morgan fingerprint density at radius 3 is 2.62 bits per heavy atom. The van der Waals surface area contributed by atoms with Gasteiger partial charge in [0, 0.05) is 5.56 Å². The predicted molar refractivity (Wildman–Crippen MR) is 93.3 cm³/mol. The Labute approximate surface area is 154 Å². The van der Waals surface area contributed by atoms with Crippen LogP contribution in [0.25, 0.3) is 6.08 Å². The molecule has 2 rings (SSSR count). The van der Waals surface area contributed by atoms with E-state index in [-0.39, 0.29) is 18.1 Å². The number of ether oxygens (including phenoxy) is 3. The zero-order valence-electron chi connectivity index (χ0n) is 14.2. The summed E-state index contributed by atoms with van der Waals surface area (Å²) in [6, 6.07) is 6.74. The molecule has 1 aromatic carbocycles. The van der Waals surface area contributed by atoms with Crippen LogP contribution in [0.5, 0.6) is 5.75 Å². The summed E-state index contributed by atoms with van der Waals surface area (Å²) in [5.74, 6) is -1.43. The van der Waals surface area contributed by atoms with Crippen LogP contribution in [0, 0.1) is 0 Å². The molecule has 1 heterocycles. The van der Waals surface area contributed by atoms with Crippen molar-refractivity contribution >= 4 is 40.9 Å². The van der Waals surface area contributed by atoms with E-state index in [1.54, 1.807) is 31.2 Å². The highest BCUT2D eigenvalue weighted by molar-refractivity contribution is 8.18. The van der Waals surface area contributed by atoms with Gasteiger partial charge >= 0.3 is 11.9 Å². The van der Waals surface area contributed by atoms with Crippen LogP contribution in [0.15, 0.2) is 29.2 Å². The number of carbonyl (C=O) groups is 4. The maximum atomic E-state index is 12.3. The number of thioether (sulfide) groups is 1. The van der Waals surface area contributed by atoms with Crippen molar-refractivity contribution in [3.63, 3.8) is 0 Å². The van der Waals surface area contributed by atoms with Crippen molar-refractivity contribution in [2.45, 2.75) is 6.92 Å². The van der Waals surface area contributed by atoms with Gasteiger partial charge in [0.2, 0.25) is 0 Å². The lowest BCUT2D eigenvalue weighted by molar-refractivity contribution is -0.145. The van der Waals surface area contributed by atoms with Crippen molar-refractivity contribution in [1.82, 2.24) is 4.90 Å². The van der Waals surface area contributed by atoms with Crippen molar-refractivity contribution in [2.75, 3.05) is 26.9 Å². The summed E-state index contributed by atoms with van der Waals surface area (Å²) < 4.78 is 14.7. The molecule has 1 fully saturated rings. The van der Waals surface area contributed by atoms with Gasteiger partial charge in [-0.3, -0.25) is 19.3 Å². The van der Waals surface area contributed by atoms with E-state index in [2.05, 4.69) is 4.74 Å². The Morgan fingerprint density at radius 1 is 1.19 bits per heavy atom. The van der Waals surface area contributed by atoms with Crippen LogP contribution in [0.4, 0.5) is 4.79 Å². The molecule has 0 spiro atoms. The maximum Gasteiger partial charge on any atom is 0.344 e. The minimum absolute atomic E-state index is 0.145. The quantitative estimate of drug-likeness (QED) is 0.523. The Hall–Kier alpha value is -2.81. The SMILES string of the molecule is CCOC(=O)COc1ccccc1C=C1SC(=O)N(CC(=O)OC)C1=O. The van der Waals surface area contributed by atoms with Gasteiger partial charge in [-0.05, 0) is 30.8 Å². The summed E-state index contributed by atoms with van der Waals surface area (Å²) in [5, 5.41) is -0.559. The van der Waals surface area contributed by atoms with Crippen LogP contribution in [0.3, 0.4) is 0 Å². The molecule has 0 bridgehead atoms. The van der Waals surface area contributed by atoms with Crippen LogP contribution in [0.1, 0.15) is 12.5 Å². The number of rotatable bonds is 7. The summed E-state index contributed by atoms with van der Waals surface area (Å²) >= 11 is 0.714. The van der Waals surface area contributed by atoms with Gasteiger partial charge in [0.05, 0.1) is 18.6 Å². The Balaban J connectivity index is 2.17. The number of amides is 2. The largest absolute Gasteiger partial charge is 0.481 e. The summed E-state index contributed by atoms with van der Waals surface area (Å²) in [7, 11) is 1.17. The summed E-state index contributed by atoms with van der Waals surface area (Å²) in [4.78, 5) is 48.0. The average Bonchev–Trinajstić information content (AvgIpc) is 2.88. The summed E-state index contributed by atoms with van der Waals surface area (Å²) in [5.41, 5.74) is 0.514. The highest BCUT2D eigenvalue weighted by Crippen LogP contribution is 2.33. The van der Waals surface area contributed by atoms with Gasteiger partial charge in [0.15, 0.2) is 6.61 Å².